The maximum atomic E-state index is 12.6. The Morgan fingerprint density at radius 1 is 1.19 bits per heavy atom. The van der Waals surface area contributed by atoms with Crippen molar-refractivity contribution in [2.24, 2.45) is 5.92 Å². The van der Waals surface area contributed by atoms with E-state index in [0.29, 0.717) is 24.8 Å². The number of nitrogens with one attached hydrogen (secondary N) is 1. The van der Waals surface area contributed by atoms with E-state index in [0.717, 1.165) is 24.2 Å². The minimum Gasteiger partial charge on any atom is -0.332 e. The quantitative estimate of drug-likeness (QED) is 0.865. The minimum absolute atomic E-state index is 0.171. The number of carbonyl (C=O) groups excluding carboxylic acids is 1. The van der Waals surface area contributed by atoms with Crippen LogP contribution in [0.3, 0.4) is 0 Å². The van der Waals surface area contributed by atoms with Crippen LogP contribution in [0.15, 0.2) is 0 Å². The van der Waals surface area contributed by atoms with Gasteiger partial charge in [-0.1, -0.05) is 19.8 Å². The lowest BCUT2D eigenvalue weighted by atomic mass is 9.77. The van der Waals surface area contributed by atoms with Gasteiger partial charge in [-0.15, -0.1) is 0 Å². The van der Waals surface area contributed by atoms with Crippen LogP contribution in [0, 0.1) is 5.92 Å². The first kappa shape index (κ1) is 16.6. The van der Waals surface area contributed by atoms with E-state index in [1.54, 1.807) is 6.92 Å². The van der Waals surface area contributed by atoms with Crippen LogP contribution in [-0.4, -0.2) is 42.2 Å². The number of piperidine rings is 1. The molecule has 3 atom stereocenters. The molecule has 1 aliphatic carbocycles. The maximum Gasteiger partial charge on any atom is 0.406 e. The SMILES string of the molecule is CCCN(CC(F)(F)F)C(=O)C1CCC2CCCCC2N1. The molecule has 1 N–H and O–H groups in total. The first-order chi connectivity index (χ1) is 9.90. The van der Waals surface area contributed by atoms with Crippen LogP contribution < -0.4 is 5.32 Å². The highest BCUT2D eigenvalue weighted by atomic mass is 19.4. The smallest absolute Gasteiger partial charge is 0.332 e. The van der Waals surface area contributed by atoms with Crippen LogP contribution >= 0.6 is 0 Å². The van der Waals surface area contributed by atoms with Gasteiger partial charge < -0.3 is 10.2 Å². The Morgan fingerprint density at radius 3 is 2.57 bits per heavy atom. The van der Waals surface area contributed by atoms with Gasteiger partial charge in [0.2, 0.25) is 5.91 Å². The highest BCUT2D eigenvalue weighted by Crippen LogP contribution is 2.32. The highest BCUT2D eigenvalue weighted by Gasteiger charge is 2.39. The Labute approximate surface area is 124 Å². The largest absolute Gasteiger partial charge is 0.406 e. The van der Waals surface area contributed by atoms with E-state index in [1.165, 1.54) is 12.8 Å². The van der Waals surface area contributed by atoms with Crippen molar-refractivity contribution < 1.29 is 18.0 Å². The summed E-state index contributed by atoms with van der Waals surface area (Å²) >= 11 is 0. The van der Waals surface area contributed by atoms with Crippen molar-refractivity contribution in [3.05, 3.63) is 0 Å². The van der Waals surface area contributed by atoms with Crippen molar-refractivity contribution in [1.82, 2.24) is 10.2 Å². The molecule has 1 amide bonds. The standard InChI is InChI=1S/C15H25F3N2O/c1-2-9-20(10-15(16,17)18)14(21)13-8-7-11-5-3-4-6-12(11)19-13/h11-13,19H,2-10H2,1H3. The van der Waals surface area contributed by atoms with Crippen molar-refractivity contribution in [2.75, 3.05) is 13.1 Å². The van der Waals surface area contributed by atoms with Crippen LogP contribution in [0.1, 0.15) is 51.9 Å². The lowest BCUT2D eigenvalue weighted by Gasteiger charge is -2.41. The first-order valence-corrected chi connectivity index (χ1v) is 8.02. The molecular formula is C15H25F3N2O. The molecule has 0 radical (unpaired) electrons. The summed E-state index contributed by atoms with van der Waals surface area (Å²) in [5.41, 5.74) is 0. The third-order valence-electron chi connectivity index (χ3n) is 4.62. The fraction of sp³-hybridized carbons (Fsp3) is 0.933. The summed E-state index contributed by atoms with van der Waals surface area (Å²) in [5.74, 6) is 0.225. The summed E-state index contributed by atoms with van der Waals surface area (Å²) in [6.07, 6.45) is 2.45. The third-order valence-corrected chi connectivity index (χ3v) is 4.62. The summed E-state index contributed by atoms with van der Waals surface area (Å²) in [7, 11) is 0. The topological polar surface area (TPSA) is 32.3 Å². The van der Waals surface area contributed by atoms with Crippen molar-refractivity contribution in [3.63, 3.8) is 0 Å². The Balaban J connectivity index is 1.96. The Hall–Kier alpha value is -0.780. The molecule has 0 bridgehead atoms. The number of alkyl halides is 3. The predicted octanol–water partition coefficient (Wildman–Crippen LogP) is 3.10. The highest BCUT2D eigenvalue weighted by molar-refractivity contribution is 5.82. The van der Waals surface area contributed by atoms with Gasteiger partial charge in [-0.2, -0.15) is 13.2 Å². The second-order valence-corrected chi connectivity index (χ2v) is 6.32. The molecule has 1 heterocycles. The van der Waals surface area contributed by atoms with Gasteiger partial charge in [0, 0.05) is 12.6 Å². The third kappa shape index (κ3) is 4.59. The van der Waals surface area contributed by atoms with Gasteiger partial charge in [-0.05, 0) is 38.0 Å². The van der Waals surface area contributed by atoms with Gasteiger partial charge in [0.25, 0.3) is 0 Å². The summed E-state index contributed by atoms with van der Waals surface area (Å²) in [6.45, 7) is 0.832. The molecule has 1 saturated heterocycles. The summed E-state index contributed by atoms with van der Waals surface area (Å²) < 4.78 is 37.8. The monoisotopic (exact) mass is 306 g/mol. The van der Waals surface area contributed by atoms with Gasteiger partial charge in [0.1, 0.15) is 6.54 Å². The van der Waals surface area contributed by atoms with Crippen LogP contribution in [0.5, 0.6) is 0 Å². The maximum absolute atomic E-state index is 12.6. The number of fused-ring (bicyclic) bond motifs is 1. The molecule has 2 rings (SSSR count). The number of nitrogens with zero attached hydrogens (tertiary/aromatic N) is 1. The zero-order valence-corrected chi connectivity index (χ0v) is 12.6. The molecule has 0 aromatic rings. The molecule has 1 aliphatic heterocycles. The summed E-state index contributed by atoms with van der Waals surface area (Å²) in [6, 6.07) is -0.117. The number of hydrogen-bond acceptors (Lipinski definition) is 2. The zero-order chi connectivity index (χ0) is 15.5. The molecular weight excluding hydrogens is 281 g/mol. The lowest BCUT2D eigenvalue weighted by Crippen LogP contribution is -2.56. The second-order valence-electron chi connectivity index (χ2n) is 6.32. The van der Waals surface area contributed by atoms with E-state index in [9.17, 15) is 18.0 Å². The van der Waals surface area contributed by atoms with Gasteiger partial charge in [0.15, 0.2) is 0 Å². The Morgan fingerprint density at radius 2 is 1.90 bits per heavy atom. The Bertz CT molecular complexity index is 359. The molecule has 2 fully saturated rings. The zero-order valence-electron chi connectivity index (χ0n) is 12.6. The Kier molecular flexibility index (Phi) is 5.52. The minimum atomic E-state index is -4.33. The fourth-order valence-corrected chi connectivity index (χ4v) is 3.66. The van der Waals surface area contributed by atoms with Crippen molar-refractivity contribution in [2.45, 2.75) is 70.1 Å². The fourth-order valence-electron chi connectivity index (χ4n) is 3.66. The number of rotatable bonds is 4. The van der Waals surface area contributed by atoms with Crippen molar-refractivity contribution in [3.8, 4) is 0 Å². The first-order valence-electron chi connectivity index (χ1n) is 8.02. The lowest BCUT2D eigenvalue weighted by molar-refractivity contribution is -0.163. The predicted molar refractivity (Wildman–Crippen MR) is 74.8 cm³/mol. The van der Waals surface area contributed by atoms with Gasteiger partial charge in [-0.25, -0.2) is 0 Å². The van der Waals surface area contributed by atoms with Crippen molar-refractivity contribution in [1.29, 1.82) is 0 Å². The molecule has 0 spiro atoms. The van der Waals surface area contributed by atoms with Crippen LogP contribution in [-0.2, 0) is 4.79 Å². The summed E-state index contributed by atoms with van der Waals surface area (Å²) in [5, 5.41) is 3.32. The molecule has 2 aliphatic rings. The van der Waals surface area contributed by atoms with Gasteiger partial charge in [-0.3, -0.25) is 4.79 Å². The molecule has 1 saturated carbocycles. The molecule has 6 heteroatoms. The molecule has 3 unspecified atom stereocenters. The number of hydrogen-bond donors (Lipinski definition) is 1. The number of halogens is 3. The van der Waals surface area contributed by atoms with E-state index < -0.39 is 18.8 Å². The summed E-state index contributed by atoms with van der Waals surface area (Å²) in [4.78, 5) is 13.4. The average Bonchev–Trinajstić information content (AvgIpc) is 2.44. The van der Waals surface area contributed by atoms with Gasteiger partial charge >= 0.3 is 6.18 Å². The van der Waals surface area contributed by atoms with E-state index >= 15 is 0 Å². The average molecular weight is 306 g/mol. The van der Waals surface area contributed by atoms with Crippen LogP contribution in [0.4, 0.5) is 13.2 Å². The number of amides is 1. The van der Waals surface area contributed by atoms with E-state index in [-0.39, 0.29) is 12.5 Å². The molecule has 21 heavy (non-hydrogen) atoms. The normalized spacial score (nSPS) is 29.8. The van der Waals surface area contributed by atoms with Crippen LogP contribution in [0.25, 0.3) is 0 Å². The van der Waals surface area contributed by atoms with E-state index in [2.05, 4.69) is 5.32 Å². The molecule has 0 aromatic carbocycles. The van der Waals surface area contributed by atoms with Crippen molar-refractivity contribution >= 4 is 5.91 Å². The molecule has 3 nitrogen and oxygen atoms in total. The van der Waals surface area contributed by atoms with E-state index in [1.807, 2.05) is 0 Å². The molecule has 122 valence electrons. The molecule has 0 aromatic heterocycles. The number of carbonyl (C=O) groups is 1. The van der Waals surface area contributed by atoms with E-state index in [4.69, 9.17) is 0 Å². The second kappa shape index (κ2) is 6.99. The van der Waals surface area contributed by atoms with Gasteiger partial charge in [0.05, 0.1) is 6.04 Å². The van der Waals surface area contributed by atoms with Crippen LogP contribution in [0.2, 0.25) is 0 Å².